The third-order valence-corrected chi connectivity index (χ3v) is 6.35. The molecule has 9 heteroatoms. The first kappa shape index (κ1) is 27.0. The highest BCUT2D eigenvalue weighted by atomic mass is 35.5. The Balaban J connectivity index is 1.71. The Morgan fingerprint density at radius 3 is 2.39 bits per heavy atom. The zero-order chi connectivity index (χ0) is 27.4. The van der Waals surface area contributed by atoms with Crippen molar-refractivity contribution in [2.45, 2.75) is 20.0 Å². The van der Waals surface area contributed by atoms with Gasteiger partial charge in [0.15, 0.2) is 11.5 Å². The molecule has 1 aliphatic heterocycles. The van der Waals surface area contributed by atoms with Gasteiger partial charge in [-0.2, -0.15) is 0 Å². The maximum Gasteiger partial charge on any atom is 0.335 e. The van der Waals surface area contributed by atoms with Crippen molar-refractivity contribution in [3.63, 3.8) is 0 Å². The molecule has 0 bridgehead atoms. The van der Waals surface area contributed by atoms with Crippen LogP contribution in [0.1, 0.15) is 22.3 Å². The Bertz CT molecular complexity index is 1460. The van der Waals surface area contributed by atoms with E-state index in [1.807, 2.05) is 12.1 Å². The van der Waals surface area contributed by atoms with Crippen molar-refractivity contribution < 1.29 is 23.9 Å². The van der Waals surface area contributed by atoms with Crippen molar-refractivity contribution >= 4 is 52.8 Å². The Morgan fingerprint density at radius 2 is 1.71 bits per heavy atom. The van der Waals surface area contributed by atoms with E-state index in [2.05, 4.69) is 11.9 Å². The number of aryl methyl sites for hydroxylation is 1. The maximum atomic E-state index is 13.4. The van der Waals surface area contributed by atoms with Crippen molar-refractivity contribution in [1.29, 1.82) is 0 Å². The predicted molar refractivity (Wildman–Crippen MR) is 148 cm³/mol. The number of rotatable bonds is 8. The number of urea groups is 1. The van der Waals surface area contributed by atoms with E-state index >= 15 is 0 Å². The van der Waals surface area contributed by atoms with Crippen LogP contribution in [-0.2, 0) is 22.6 Å². The summed E-state index contributed by atoms with van der Waals surface area (Å²) in [5.74, 6) is -0.651. The summed E-state index contributed by atoms with van der Waals surface area (Å²) in [4.78, 5) is 39.6. The number of benzene rings is 3. The van der Waals surface area contributed by atoms with E-state index in [0.717, 1.165) is 16.0 Å². The Hall–Kier alpha value is -4.07. The zero-order valence-corrected chi connectivity index (χ0v) is 22.2. The fourth-order valence-electron chi connectivity index (χ4n) is 3.99. The number of amides is 4. The van der Waals surface area contributed by atoms with Gasteiger partial charge in [-0.05, 0) is 72.5 Å². The predicted octanol–water partition coefficient (Wildman–Crippen LogP) is 6.28. The number of imide groups is 2. The molecule has 3 aromatic rings. The molecule has 1 N–H and O–H groups in total. The average Bonchev–Trinajstić information content (AvgIpc) is 2.88. The zero-order valence-electron chi connectivity index (χ0n) is 20.7. The molecule has 0 aliphatic carbocycles. The summed E-state index contributed by atoms with van der Waals surface area (Å²) in [5, 5.41) is 3.21. The molecule has 4 amide bonds. The number of allylic oxidation sites excluding steroid dienone is 1. The van der Waals surface area contributed by atoms with Crippen molar-refractivity contribution in [2.75, 3.05) is 12.0 Å². The summed E-state index contributed by atoms with van der Waals surface area (Å²) in [6.45, 7) is 5.83. The van der Waals surface area contributed by atoms with Gasteiger partial charge in [-0.1, -0.05) is 47.5 Å². The molecule has 0 saturated carbocycles. The van der Waals surface area contributed by atoms with Crippen LogP contribution in [0.15, 0.2) is 72.8 Å². The lowest BCUT2D eigenvalue weighted by molar-refractivity contribution is -0.122. The highest BCUT2D eigenvalue weighted by molar-refractivity contribution is 6.39. The first-order chi connectivity index (χ1) is 18.2. The van der Waals surface area contributed by atoms with Crippen molar-refractivity contribution in [2.24, 2.45) is 0 Å². The molecule has 3 aromatic carbocycles. The molecule has 0 radical (unpaired) electrons. The molecule has 0 aromatic heterocycles. The molecule has 0 unspecified atom stereocenters. The van der Waals surface area contributed by atoms with E-state index in [0.29, 0.717) is 39.1 Å². The average molecular weight is 551 g/mol. The highest BCUT2D eigenvalue weighted by Crippen LogP contribution is 2.36. The van der Waals surface area contributed by atoms with Gasteiger partial charge >= 0.3 is 6.03 Å². The lowest BCUT2D eigenvalue weighted by Gasteiger charge is -2.27. The summed E-state index contributed by atoms with van der Waals surface area (Å²) in [7, 11) is 1.50. The Labute approximate surface area is 230 Å². The number of hydrogen-bond donors (Lipinski definition) is 1. The van der Waals surface area contributed by atoms with Gasteiger partial charge in [-0.25, -0.2) is 9.69 Å². The SMILES string of the molecule is C=CCc1cc(/C=C2\C(=O)NC(=O)N(c3cc(Cl)ccc3C)C2=O)cc(OC)c1OCc1ccc(Cl)cc1. The molecule has 1 saturated heterocycles. The molecular formula is C29H24Cl2N2O5. The van der Waals surface area contributed by atoms with E-state index < -0.39 is 17.8 Å². The number of ether oxygens (including phenoxy) is 2. The van der Waals surface area contributed by atoms with E-state index in [1.165, 1.54) is 19.3 Å². The van der Waals surface area contributed by atoms with Crippen LogP contribution in [0.3, 0.4) is 0 Å². The molecule has 0 atom stereocenters. The monoisotopic (exact) mass is 550 g/mol. The third-order valence-electron chi connectivity index (χ3n) is 5.86. The number of carbonyl (C=O) groups is 3. The smallest absolute Gasteiger partial charge is 0.335 e. The summed E-state index contributed by atoms with van der Waals surface area (Å²) < 4.78 is 11.7. The second kappa shape index (κ2) is 11.5. The third kappa shape index (κ3) is 5.74. The van der Waals surface area contributed by atoms with Crippen LogP contribution in [-0.4, -0.2) is 25.0 Å². The number of methoxy groups -OCH3 is 1. The van der Waals surface area contributed by atoms with Crippen LogP contribution in [0.5, 0.6) is 11.5 Å². The largest absolute Gasteiger partial charge is 0.493 e. The molecule has 194 valence electrons. The number of nitrogens with zero attached hydrogens (tertiary/aromatic N) is 1. The second-order valence-electron chi connectivity index (χ2n) is 8.51. The normalized spacial score (nSPS) is 14.5. The van der Waals surface area contributed by atoms with Crippen LogP contribution in [0.4, 0.5) is 10.5 Å². The molecule has 1 fully saturated rings. The van der Waals surface area contributed by atoms with Crippen LogP contribution < -0.4 is 19.7 Å². The van der Waals surface area contributed by atoms with Crippen molar-refractivity contribution in [3.05, 3.63) is 105 Å². The van der Waals surface area contributed by atoms with Gasteiger partial charge in [0, 0.05) is 15.6 Å². The van der Waals surface area contributed by atoms with Crippen LogP contribution in [0, 0.1) is 6.92 Å². The van der Waals surface area contributed by atoms with Gasteiger partial charge in [0.05, 0.1) is 12.8 Å². The topological polar surface area (TPSA) is 84.9 Å². The Kier molecular flexibility index (Phi) is 8.20. The number of nitrogens with one attached hydrogen (secondary N) is 1. The standard InChI is InChI=1S/C29H24Cl2N2O5/c1-4-5-20-12-19(14-25(37-3)26(20)38-16-18-7-10-21(30)11-8-18)13-23-27(34)32-29(36)33(28(23)35)24-15-22(31)9-6-17(24)2/h4,6-15H,1,5,16H2,2-3H3,(H,32,34,36)/b23-13+. The molecular weight excluding hydrogens is 527 g/mol. The molecule has 38 heavy (non-hydrogen) atoms. The van der Waals surface area contributed by atoms with E-state index in [4.69, 9.17) is 32.7 Å². The first-order valence-electron chi connectivity index (χ1n) is 11.6. The van der Waals surface area contributed by atoms with E-state index in [-0.39, 0.29) is 17.9 Å². The first-order valence-corrected chi connectivity index (χ1v) is 12.3. The van der Waals surface area contributed by atoms with Gasteiger partial charge in [0.2, 0.25) is 0 Å². The quantitative estimate of drug-likeness (QED) is 0.202. The Morgan fingerprint density at radius 1 is 1.00 bits per heavy atom. The lowest BCUT2D eigenvalue weighted by Crippen LogP contribution is -2.54. The minimum atomic E-state index is -0.849. The van der Waals surface area contributed by atoms with Gasteiger partial charge in [-0.15, -0.1) is 6.58 Å². The van der Waals surface area contributed by atoms with Crippen LogP contribution >= 0.6 is 23.2 Å². The van der Waals surface area contributed by atoms with Gasteiger partial charge in [0.1, 0.15) is 12.2 Å². The van der Waals surface area contributed by atoms with Gasteiger partial charge in [-0.3, -0.25) is 14.9 Å². The van der Waals surface area contributed by atoms with E-state index in [1.54, 1.807) is 49.4 Å². The summed E-state index contributed by atoms with van der Waals surface area (Å²) in [6.07, 6.45) is 3.56. The molecule has 4 rings (SSSR count). The summed E-state index contributed by atoms with van der Waals surface area (Å²) >= 11 is 12.1. The number of halogens is 2. The fourth-order valence-corrected chi connectivity index (χ4v) is 4.28. The molecule has 1 heterocycles. The van der Waals surface area contributed by atoms with Crippen LogP contribution in [0.25, 0.3) is 6.08 Å². The molecule has 1 aliphatic rings. The fraction of sp³-hybridized carbons (Fsp3) is 0.138. The van der Waals surface area contributed by atoms with Gasteiger partial charge < -0.3 is 9.47 Å². The second-order valence-corrected chi connectivity index (χ2v) is 9.38. The number of anilines is 1. The minimum Gasteiger partial charge on any atom is -0.493 e. The van der Waals surface area contributed by atoms with Gasteiger partial charge in [0.25, 0.3) is 11.8 Å². The molecule has 0 spiro atoms. The summed E-state index contributed by atoms with van der Waals surface area (Å²) in [6, 6.07) is 14.7. The van der Waals surface area contributed by atoms with Crippen molar-refractivity contribution in [1.82, 2.24) is 5.32 Å². The number of carbonyl (C=O) groups excluding carboxylic acids is 3. The maximum absolute atomic E-state index is 13.4. The summed E-state index contributed by atoms with van der Waals surface area (Å²) in [5.41, 5.74) is 2.87. The van der Waals surface area contributed by atoms with Crippen molar-refractivity contribution in [3.8, 4) is 11.5 Å². The lowest BCUT2D eigenvalue weighted by atomic mass is 10.0. The van der Waals surface area contributed by atoms with Crippen LogP contribution in [0.2, 0.25) is 10.0 Å². The highest BCUT2D eigenvalue weighted by Gasteiger charge is 2.37. The number of barbiturate groups is 1. The van der Waals surface area contributed by atoms with E-state index in [9.17, 15) is 14.4 Å². The number of hydrogen-bond acceptors (Lipinski definition) is 5. The minimum absolute atomic E-state index is 0.217. The molecule has 7 nitrogen and oxygen atoms in total.